The second kappa shape index (κ2) is 51.6. The van der Waals surface area contributed by atoms with Gasteiger partial charge in [-0.25, -0.2) is 0 Å². The molecule has 0 amide bonds. The molecule has 10 heteroatoms. The van der Waals surface area contributed by atoms with E-state index in [9.17, 15) is 19.0 Å². The molecule has 2 unspecified atom stereocenters. The van der Waals surface area contributed by atoms with Crippen LogP contribution in [0, 0.1) is 0 Å². The lowest BCUT2D eigenvalue weighted by molar-refractivity contribution is -0.870. The fraction of sp³-hybridized carbons (Fsp3) is 0.800. The zero-order valence-electron chi connectivity index (χ0n) is 46.2. The molecule has 0 saturated carbocycles. The van der Waals surface area contributed by atoms with Gasteiger partial charge in [-0.3, -0.25) is 14.2 Å². The van der Waals surface area contributed by atoms with Crippen LogP contribution in [0.15, 0.2) is 60.8 Å². The Kier molecular flexibility index (Phi) is 49.9. The molecule has 0 aliphatic rings. The fourth-order valence-corrected chi connectivity index (χ4v) is 8.82. The van der Waals surface area contributed by atoms with Crippen LogP contribution in [0.1, 0.15) is 258 Å². The van der Waals surface area contributed by atoms with Gasteiger partial charge in [0, 0.05) is 12.8 Å². The Bertz CT molecular complexity index is 1370. The molecule has 0 saturated heterocycles. The molecular formula is C60H110NO8P. The van der Waals surface area contributed by atoms with E-state index >= 15 is 0 Å². The largest absolute Gasteiger partial charge is 0.756 e. The van der Waals surface area contributed by atoms with E-state index in [2.05, 4.69) is 74.6 Å². The van der Waals surface area contributed by atoms with Crippen LogP contribution in [0.5, 0.6) is 0 Å². The van der Waals surface area contributed by atoms with Crippen molar-refractivity contribution in [2.75, 3.05) is 47.5 Å². The molecule has 0 aromatic rings. The third-order valence-corrected chi connectivity index (χ3v) is 13.5. The van der Waals surface area contributed by atoms with E-state index in [1.807, 2.05) is 21.1 Å². The van der Waals surface area contributed by atoms with Gasteiger partial charge in [-0.15, -0.1) is 0 Å². The average Bonchev–Trinajstić information content (AvgIpc) is 3.32. The molecule has 0 bridgehead atoms. The number of phosphoric acid groups is 1. The summed E-state index contributed by atoms with van der Waals surface area (Å²) in [6, 6.07) is 0. The summed E-state index contributed by atoms with van der Waals surface area (Å²) in [5.74, 6) is -0.832. The van der Waals surface area contributed by atoms with Crippen LogP contribution in [0.2, 0.25) is 0 Å². The summed E-state index contributed by atoms with van der Waals surface area (Å²) in [5, 5.41) is 0. The van der Waals surface area contributed by atoms with Crippen LogP contribution in [-0.4, -0.2) is 70.0 Å². The van der Waals surface area contributed by atoms with Gasteiger partial charge in [-0.1, -0.05) is 248 Å². The molecule has 0 radical (unpaired) electrons. The summed E-state index contributed by atoms with van der Waals surface area (Å²) in [4.78, 5) is 37.9. The molecule has 0 heterocycles. The smallest absolute Gasteiger partial charge is 0.306 e. The van der Waals surface area contributed by atoms with E-state index in [1.165, 1.54) is 148 Å². The van der Waals surface area contributed by atoms with Gasteiger partial charge < -0.3 is 27.9 Å². The highest BCUT2D eigenvalue weighted by Crippen LogP contribution is 2.38. The topological polar surface area (TPSA) is 111 Å². The number of carbonyl (C=O) groups excluding carboxylic acids is 2. The molecule has 0 aliphatic carbocycles. The quantitative estimate of drug-likeness (QED) is 0.0195. The SMILES string of the molecule is CC/C=C\C/C=C\C/C=C\C/C=C\C/C=C\CCCCCCCCCCCC(=O)OC(COC(=O)CCCCCCCCCCCCCCCCCCCCCCC)COP(=O)([O-])OCC[N+](C)(C)C. The number of allylic oxidation sites excluding steroid dienone is 10. The maximum Gasteiger partial charge on any atom is 0.306 e. The van der Waals surface area contributed by atoms with Gasteiger partial charge in [0.2, 0.25) is 0 Å². The second-order valence-corrected chi connectivity index (χ2v) is 22.0. The van der Waals surface area contributed by atoms with Crippen molar-refractivity contribution in [2.45, 2.75) is 264 Å². The molecule has 0 aliphatic heterocycles. The van der Waals surface area contributed by atoms with Crippen molar-refractivity contribution >= 4 is 19.8 Å². The first-order valence-corrected chi connectivity index (χ1v) is 30.5. The van der Waals surface area contributed by atoms with E-state index in [1.54, 1.807) is 0 Å². The van der Waals surface area contributed by atoms with Gasteiger partial charge in [-0.05, 0) is 57.8 Å². The lowest BCUT2D eigenvalue weighted by Gasteiger charge is -2.28. The molecule has 9 nitrogen and oxygen atoms in total. The van der Waals surface area contributed by atoms with Crippen LogP contribution in [-0.2, 0) is 32.7 Å². The van der Waals surface area contributed by atoms with E-state index in [0.717, 1.165) is 77.0 Å². The number of unbranched alkanes of at least 4 members (excludes halogenated alkanes) is 29. The summed E-state index contributed by atoms with van der Waals surface area (Å²) < 4.78 is 34.2. The van der Waals surface area contributed by atoms with Crippen molar-refractivity contribution in [3.05, 3.63) is 60.8 Å². The molecule has 0 spiro atoms. The highest BCUT2D eigenvalue weighted by molar-refractivity contribution is 7.45. The Balaban J connectivity index is 4.18. The number of hydrogen-bond donors (Lipinski definition) is 0. The summed E-state index contributed by atoms with van der Waals surface area (Å²) in [7, 11) is 1.16. The normalized spacial score (nSPS) is 13.7. The monoisotopic (exact) mass is 1000 g/mol. The van der Waals surface area contributed by atoms with Crippen molar-refractivity contribution < 1.29 is 42.1 Å². The Hall–Kier alpha value is -2.29. The number of quaternary nitrogens is 1. The van der Waals surface area contributed by atoms with Gasteiger partial charge in [0.25, 0.3) is 7.82 Å². The van der Waals surface area contributed by atoms with Crippen molar-refractivity contribution in [1.29, 1.82) is 0 Å². The van der Waals surface area contributed by atoms with Gasteiger partial charge >= 0.3 is 11.9 Å². The van der Waals surface area contributed by atoms with Crippen LogP contribution < -0.4 is 4.89 Å². The maximum absolute atomic E-state index is 12.8. The van der Waals surface area contributed by atoms with Crippen LogP contribution in [0.25, 0.3) is 0 Å². The number of phosphoric ester groups is 1. The Morgan fingerprint density at radius 2 is 0.814 bits per heavy atom. The molecule has 0 N–H and O–H groups in total. The molecule has 2 atom stereocenters. The number of likely N-dealkylation sites (N-methyl/N-ethyl adjacent to an activating group) is 1. The van der Waals surface area contributed by atoms with Crippen molar-refractivity contribution in [3.8, 4) is 0 Å². The summed E-state index contributed by atoms with van der Waals surface area (Å²) >= 11 is 0. The van der Waals surface area contributed by atoms with Crippen LogP contribution >= 0.6 is 7.82 Å². The first-order valence-electron chi connectivity index (χ1n) is 29.0. The number of carbonyl (C=O) groups is 2. The lowest BCUT2D eigenvalue weighted by atomic mass is 10.0. The minimum Gasteiger partial charge on any atom is -0.756 e. The third kappa shape index (κ3) is 55.0. The molecule has 0 rings (SSSR count). The Morgan fingerprint density at radius 3 is 1.21 bits per heavy atom. The number of hydrogen-bond acceptors (Lipinski definition) is 8. The standard InChI is InChI=1S/C60H110NO8P/c1-6-8-10-12-14-16-18-20-22-24-26-28-29-30-31-33-35-37-39-41-43-45-47-49-51-53-60(63)69-58(57-68-70(64,65)67-55-54-61(3,4)5)56-66-59(62)52-50-48-46-44-42-40-38-36-34-32-27-25-23-21-19-17-15-13-11-9-7-2/h8,10,14,16,20,22,26,28,30-31,58H,6-7,9,11-13,15,17-19,21,23-25,27,29,32-57H2,1-5H3/b10-8-,16-14-,22-20-,28-26-,31-30-. The highest BCUT2D eigenvalue weighted by atomic mass is 31.2. The number of rotatable bonds is 53. The molecule has 0 aromatic heterocycles. The van der Waals surface area contributed by atoms with E-state index in [4.69, 9.17) is 18.5 Å². The molecule has 408 valence electrons. The van der Waals surface area contributed by atoms with E-state index in [0.29, 0.717) is 17.4 Å². The van der Waals surface area contributed by atoms with Crippen molar-refractivity contribution in [3.63, 3.8) is 0 Å². The van der Waals surface area contributed by atoms with E-state index < -0.39 is 26.5 Å². The van der Waals surface area contributed by atoms with Crippen LogP contribution in [0.3, 0.4) is 0 Å². The zero-order valence-corrected chi connectivity index (χ0v) is 47.1. The van der Waals surface area contributed by atoms with Gasteiger partial charge in [0.15, 0.2) is 6.10 Å². The lowest BCUT2D eigenvalue weighted by Crippen LogP contribution is -2.37. The minimum absolute atomic E-state index is 0.0327. The predicted octanol–water partition coefficient (Wildman–Crippen LogP) is 17.3. The first kappa shape index (κ1) is 67.7. The summed E-state index contributed by atoms with van der Waals surface area (Å²) in [5.41, 5.74) is 0. The summed E-state index contributed by atoms with van der Waals surface area (Å²) in [6.45, 7) is 4.15. The number of esters is 2. The molecular weight excluding hydrogens is 894 g/mol. The molecule has 0 aromatic carbocycles. The average molecular weight is 1000 g/mol. The minimum atomic E-state index is -4.64. The van der Waals surface area contributed by atoms with Gasteiger partial charge in [-0.2, -0.15) is 0 Å². The molecule has 0 fully saturated rings. The second-order valence-electron chi connectivity index (χ2n) is 20.6. The third-order valence-electron chi connectivity index (χ3n) is 12.6. The summed E-state index contributed by atoms with van der Waals surface area (Å²) in [6.07, 6.45) is 65.4. The predicted molar refractivity (Wildman–Crippen MR) is 296 cm³/mol. The van der Waals surface area contributed by atoms with Gasteiger partial charge in [0.1, 0.15) is 19.8 Å². The Labute approximate surface area is 432 Å². The van der Waals surface area contributed by atoms with Crippen molar-refractivity contribution in [2.24, 2.45) is 0 Å². The number of nitrogens with zero attached hydrogens (tertiary/aromatic N) is 1. The first-order chi connectivity index (χ1) is 34.0. The molecule has 70 heavy (non-hydrogen) atoms. The number of ether oxygens (including phenoxy) is 2. The van der Waals surface area contributed by atoms with Crippen molar-refractivity contribution in [1.82, 2.24) is 0 Å². The van der Waals surface area contributed by atoms with Crippen LogP contribution in [0.4, 0.5) is 0 Å². The van der Waals surface area contributed by atoms with E-state index in [-0.39, 0.29) is 32.0 Å². The fourth-order valence-electron chi connectivity index (χ4n) is 8.10. The zero-order chi connectivity index (χ0) is 51.3. The van der Waals surface area contributed by atoms with Gasteiger partial charge in [0.05, 0.1) is 27.7 Å². The Morgan fingerprint density at radius 1 is 0.457 bits per heavy atom. The highest BCUT2D eigenvalue weighted by Gasteiger charge is 2.22. The maximum atomic E-state index is 12.8.